The first kappa shape index (κ1) is 22.5. The second-order valence-electron chi connectivity index (χ2n) is 7.12. The number of likely N-dealkylation sites (tertiary alicyclic amines) is 1. The number of nitrogens with one attached hydrogen (secondary N) is 1. The van der Waals surface area contributed by atoms with Gasteiger partial charge < -0.3 is 15.0 Å². The van der Waals surface area contributed by atoms with Crippen LogP contribution in [0.15, 0.2) is 29.3 Å². The minimum atomic E-state index is -0.0583. The van der Waals surface area contributed by atoms with Gasteiger partial charge in [-0.05, 0) is 31.0 Å². The third-order valence-corrected chi connectivity index (χ3v) is 4.79. The average Bonchev–Trinajstić information content (AvgIpc) is 3.00. The van der Waals surface area contributed by atoms with Gasteiger partial charge in [-0.2, -0.15) is 0 Å². The summed E-state index contributed by atoms with van der Waals surface area (Å²) in [5, 5.41) is 4.21. The largest absolute Gasteiger partial charge is 0.384 e. The third kappa shape index (κ3) is 6.61. The van der Waals surface area contributed by atoms with Crippen LogP contribution in [0.5, 0.6) is 0 Å². The number of benzene rings is 1. The average molecular weight is 480 g/mol. The molecule has 0 aromatic heterocycles. The van der Waals surface area contributed by atoms with E-state index in [4.69, 9.17) is 21.3 Å². The fourth-order valence-electron chi connectivity index (χ4n) is 3.10. The van der Waals surface area contributed by atoms with Gasteiger partial charge in [0.1, 0.15) is 0 Å². The molecule has 6 heteroatoms. The van der Waals surface area contributed by atoms with Crippen LogP contribution in [0.2, 0.25) is 5.02 Å². The van der Waals surface area contributed by atoms with Crippen LogP contribution in [-0.4, -0.2) is 50.8 Å². The number of aliphatic imine (C=N–C) groups is 1. The van der Waals surface area contributed by atoms with Crippen molar-refractivity contribution in [3.8, 4) is 0 Å². The zero-order valence-electron chi connectivity index (χ0n) is 15.7. The highest BCUT2D eigenvalue weighted by molar-refractivity contribution is 14.0. The number of ether oxygens (including phenoxy) is 1. The summed E-state index contributed by atoms with van der Waals surface area (Å²) in [5.41, 5.74) is 1.16. The lowest BCUT2D eigenvalue weighted by atomic mass is 9.85. The van der Waals surface area contributed by atoms with Gasteiger partial charge in [0.05, 0.1) is 13.2 Å². The van der Waals surface area contributed by atoms with E-state index in [0.717, 1.165) is 50.2 Å². The Hall–Kier alpha value is -0.530. The van der Waals surface area contributed by atoms with Gasteiger partial charge in [0.25, 0.3) is 0 Å². The monoisotopic (exact) mass is 479 g/mol. The SMILES string of the molecule is CCNC(=NCC(C)(C)c1cccc(Cl)c1)N1CCC(COC)C1.I. The molecule has 0 radical (unpaired) electrons. The Labute approximate surface area is 174 Å². The summed E-state index contributed by atoms with van der Waals surface area (Å²) in [6, 6.07) is 8.08. The van der Waals surface area contributed by atoms with Crippen molar-refractivity contribution < 1.29 is 4.74 Å². The number of methoxy groups -OCH3 is 1. The molecule has 1 unspecified atom stereocenters. The standard InChI is InChI=1S/C19H30ClN3O.HI/c1-5-21-18(23-10-9-15(12-23)13-24-4)22-14-19(2,3)16-7-6-8-17(20)11-16;/h6-8,11,15H,5,9-10,12-14H2,1-4H3,(H,21,22);1H. The molecule has 1 aromatic carbocycles. The number of hydrogen-bond acceptors (Lipinski definition) is 2. The molecule has 4 nitrogen and oxygen atoms in total. The summed E-state index contributed by atoms with van der Waals surface area (Å²) < 4.78 is 5.30. The molecule has 1 heterocycles. The first-order valence-electron chi connectivity index (χ1n) is 8.74. The Balaban J connectivity index is 0.00000312. The van der Waals surface area contributed by atoms with Crippen molar-refractivity contribution in [2.75, 3.05) is 39.9 Å². The molecule has 1 aliphatic rings. The highest BCUT2D eigenvalue weighted by Crippen LogP contribution is 2.26. The second kappa shape index (κ2) is 10.6. The summed E-state index contributed by atoms with van der Waals surface area (Å²) in [7, 11) is 1.77. The molecular formula is C19H31ClIN3O. The minimum absolute atomic E-state index is 0. The Kier molecular flexibility index (Phi) is 9.52. The van der Waals surface area contributed by atoms with E-state index in [9.17, 15) is 0 Å². The van der Waals surface area contributed by atoms with Crippen molar-refractivity contribution in [2.24, 2.45) is 10.9 Å². The lowest BCUT2D eigenvalue weighted by molar-refractivity contribution is 0.157. The van der Waals surface area contributed by atoms with E-state index in [1.165, 1.54) is 5.56 Å². The van der Waals surface area contributed by atoms with Crippen molar-refractivity contribution in [2.45, 2.75) is 32.6 Å². The highest BCUT2D eigenvalue weighted by Gasteiger charge is 2.26. The van der Waals surface area contributed by atoms with Gasteiger partial charge in [-0.15, -0.1) is 24.0 Å². The Morgan fingerprint density at radius 3 is 2.84 bits per heavy atom. The van der Waals surface area contributed by atoms with Gasteiger partial charge in [0.2, 0.25) is 0 Å². The van der Waals surface area contributed by atoms with Crippen LogP contribution in [0.1, 0.15) is 32.8 Å². The summed E-state index contributed by atoms with van der Waals surface area (Å²) in [4.78, 5) is 7.26. The van der Waals surface area contributed by atoms with Crippen molar-refractivity contribution >= 4 is 41.5 Å². The van der Waals surface area contributed by atoms with E-state index in [-0.39, 0.29) is 29.4 Å². The molecule has 1 N–H and O–H groups in total. The smallest absolute Gasteiger partial charge is 0.193 e. The van der Waals surface area contributed by atoms with Crippen LogP contribution in [0.3, 0.4) is 0 Å². The number of hydrogen-bond donors (Lipinski definition) is 1. The van der Waals surface area contributed by atoms with Crippen LogP contribution in [0, 0.1) is 5.92 Å². The lowest BCUT2D eigenvalue weighted by Gasteiger charge is -2.26. The molecule has 1 aromatic rings. The molecule has 25 heavy (non-hydrogen) atoms. The fraction of sp³-hybridized carbons (Fsp3) is 0.632. The summed E-state index contributed by atoms with van der Waals surface area (Å²) >= 11 is 6.14. The van der Waals surface area contributed by atoms with E-state index < -0.39 is 0 Å². The van der Waals surface area contributed by atoms with E-state index in [1.807, 2.05) is 18.2 Å². The summed E-state index contributed by atoms with van der Waals surface area (Å²) in [5.74, 6) is 1.60. The molecule has 1 saturated heterocycles. The van der Waals surface area contributed by atoms with Crippen LogP contribution >= 0.6 is 35.6 Å². The molecule has 0 amide bonds. The minimum Gasteiger partial charge on any atom is -0.384 e. The molecule has 1 fully saturated rings. The van der Waals surface area contributed by atoms with Crippen LogP contribution in [0.4, 0.5) is 0 Å². The normalized spacial score (nSPS) is 18.2. The summed E-state index contributed by atoms with van der Waals surface area (Å²) in [6.07, 6.45) is 1.16. The maximum absolute atomic E-state index is 6.14. The predicted molar refractivity (Wildman–Crippen MR) is 117 cm³/mol. The van der Waals surface area contributed by atoms with Crippen molar-refractivity contribution in [1.29, 1.82) is 0 Å². The molecule has 0 aliphatic carbocycles. The zero-order chi connectivity index (χ0) is 17.6. The van der Waals surface area contributed by atoms with Gasteiger partial charge in [-0.1, -0.05) is 37.6 Å². The highest BCUT2D eigenvalue weighted by atomic mass is 127. The van der Waals surface area contributed by atoms with Crippen LogP contribution in [0.25, 0.3) is 0 Å². The quantitative estimate of drug-likeness (QED) is 0.378. The number of halogens is 2. The third-order valence-electron chi connectivity index (χ3n) is 4.55. The van der Waals surface area contributed by atoms with Gasteiger partial charge >= 0.3 is 0 Å². The van der Waals surface area contributed by atoms with E-state index in [1.54, 1.807) is 7.11 Å². The molecule has 1 atom stereocenters. The molecule has 0 bridgehead atoms. The summed E-state index contributed by atoms with van der Waals surface area (Å²) in [6.45, 7) is 11.0. The molecule has 0 spiro atoms. The van der Waals surface area contributed by atoms with Crippen LogP contribution in [-0.2, 0) is 10.2 Å². The number of nitrogens with zero attached hydrogens (tertiary/aromatic N) is 2. The number of guanidine groups is 1. The maximum Gasteiger partial charge on any atom is 0.193 e. The van der Waals surface area contributed by atoms with Gasteiger partial charge in [0, 0.05) is 43.1 Å². The van der Waals surface area contributed by atoms with Crippen molar-refractivity contribution in [3.63, 3.8) is 0 Å². The molecule has 1 aliphatic heterocycles. The zero-order valence-corrected chi connectivity index (χ0v) is 18.8. The molecule has 142 valence electrons. The van der Waals surface area contributed by atoms with Gasteiger partial charge in [-0.3, -0.25) is 4.99 Å². The Morgan fingerprint density at radius 2 is 2.20 bits per heavy atom. The lowest BCUT2D eigenvalue weighted by Crippen LogP contribution is -2.41. The van der Waals surface area contributed by atoms with Gasteiger partial charge in [0.15, 0.2) is 5.96 Å². The Bertz CT molecular complexity index is 565. The van der Waals surface area contributed by atoms with Crippen molar-refractivity contribution in [1.82, 2.24) is 10.2 Å². The fourth-order valence-corrected chi connectivity index (χ4v) is 3.29. The van der Waals surface area contributed by atoms with Crippen LogP contribution < -0.4 is 5.32 Å². The first-order chi connectivity index (χ1) is 11.5. The van der Waals surface area contributed by atoms with Gasteiger partial charge in [-0.25, -0.2) is 0 Å². The van der Waals surface area contributed by atoms with E-state index in [0.29, 0.717) is 5.92 Å². The molecular weight excluding hydrogens is 449 g/mol. The number of rotatable bonds is 6. The maximum atomic E-state index is 6.14. The molecule has 0 saturated carbocycles. The molecule has 2 rings (SSSR count). The first-order valence-corrected chi connectivity index (χ1v) is 9.12. The Morgan fingerprint density at radius 1 is 1.44 bits per heavy atom. The topological polar surface area (TPSA) is 36.9 Å². The van der Waals surface area contributed by atoms with E-state index >= 15 is 0 Å². The van der Waals surface area contributed by atoms with Crippen molar-refractivity contribution in [3.05, 3.63) is 34.9 Å². The predicted octanol–water partition coefficient (Wildman–Crippen LogP) is 4.17. The second-order valence-corrected chi connectivity index (χ2v) is 7.56. The van der Waals surface area contributed by atoms with E-state index in [2.05, 4.69) is 37.1 Å².